The van der Waals surface area contributed by atoms with Gasteiger partial charge in [-0.05, 0) is 25.2 Å². The minimum atomic E-state index is -0.331. The number of esters is 1. The summed E-state index contributed by atoms with van der Waals surface area (Å²) >= 11 is 0. The van der Waals surface area contributed by atoms with Crippen LogP contribution in [0, 0.1) is 17.8 Å². The summed E-state index contributed by atoms with van der Waals surface area (Å²) in [6.45, 7) is 5.45. The lowest BCUT2D eigenvalue weighted by molar-refractivity contribution is -0.146. The predicted octanol–water partition coefficient (Wildman–Crippen LogP) is 1.33. The Morgan fingerprint density at radius 1 is 1.29 bits per heavy atom. The molecule has 0 saturated carbocycles. The minimum absolute atomic E-state index is 0.0697. The van der Waals surface area contributed by atoms with Crippen LogP contribution in [0.15, 0.2) is 0 Å². The van der Waals surface area contributed by atoms with Crippen molar-refractivity contribution < 1.29 is 19.1 Å². The van der Waals surface area contributed by atoms with Crippen LogP contribution in [0.2, 0.25) is 0 Å². The van der Waals surface area contributed by atoms with Crippen LogP contribution in [0.5, 0.6) is 0 Å². The molecule has 0 spiro atoms. The van der Waals surface area contributed by atoms with E-state index < -0.39 is 0 Å². The van der Waals surface area contributed by atoms with Crippen LogP contribution in [-0.4, -0.2) is 68.5 Å². The van der Waals surface area contributed by atoms with E-state index in [1.54, 1.807) is 19.0 Å². The van der Waals surface area contributed by atoms with Crippen molar-refractivity contribution in [3.05, 3.63) is 0 Å². The van der Waals surface area contributed by atoms with Gasteiger partial charge in [-0.25, -0.2) is 4.79 Å². The van der Waals surface area contributed by atoms with Gasteiger partial charge < -0.3 is 19.9 Å². The Balaban J connectivity index is 2.56. The van der Waals surface area contributed by atoms with Crippen LogP contribution in [0.1, 0.15) is 33.1 Å². The number of piperidine rings is 1. The van der Waals surface area contributed by atoms with Gasteiger partial charge in [-0.3, -0.25) is 9.59 Å². The van der Waals surface area contributed by atoms with Gasteiger partial charge in [-0.15, -0.1) is 0 Å². The third-order valence-corrected chi connectivity index (χ3v) is 4.26. The molecule has 3 amide bonds. The van der Waals surface area contributed by atoms with E-state index in [9.17, 15) is 14.4 Å². The fourth-order valence-corrected chi connectivity index (χ4v) is 3.01. The third kappa shape index (κ3) is 6.02. The predicted molar refractivity (Wildman–Crippen MR) is 91.4 cm³/mol. The Bertz CT molecular complexity index is 451. The Hall–Kier alpha value is -1.79. The highest BCUT2D eigenvalue weighted by molar-refractivity contribution is 5.81. The van der Waals surface area contributed by atoms with Crippen molar-refractivity contribution in [2.45, 2.75) is 33.1 Å². The molecule has 1 fully saturated rings. The molecule has 1 aliphatic rings. The van der Waals surface area contributed by atoms with Crippen molar-refractivity contribution in [2.24, 2.45) is 17.8 Å². The molecular weight excluding hydrogens is 310 g/mol. The number of ether oxygens (including phenoxy) is 1. The lowest BCUT2D eigenvalue weighted by Crippen LogP contribution is -2.49. The maximum atomic E-state index is 12.4. The summed E-state index contributed by atoms with van der Waals surface area (Å²) in [5.41, 5.74) is 0. The number of hydrogen-bond donors (Lipinski definition) is 1. The number of nitrogens with zero attached hydrogens (tertiary/aromatic N) is 2. The second-order valence-electron chi connectivity index (χ2n) is 7.06. The van der Waals surface area contributed by atoms with Crippen molar-refractivity contribution in [3.8, 4) is 0 Å². The topological polar surface area (TPSA) is 79.0 Å². The molecule has 0 radical (unpaired) electrons. The summed E-state index contributed by atoms with van der Waals surface area (Å²) in [4.78, 5) is 39.5. The normalized spacial score (nSPS) is 18.9. The molecule has 1 rings (SSSR count). The highest BCUT2D eigenvalue weighted by Gasteiger charge is 2.30. The molecule has 0 bridgehead atoms. The first-order valence-corrected chi connectivity index (χ1v) is 8.58. The Morgan fingerprint density at radius 3 is 2.50 bits per heavy atom. The van der Waals surface area contributed by atoms with Crippen LogP contribution in [0.4, 0.5) is 4.79 Å². The molecule has 0 aromatic carbocycles. The molecule has 0 aliphatic carbocycles. The average molecular weight is 341 g/mol. The zero-order valence-corrected chi connectivity index (χ0v) is 15.5. The number of urea groups is 1. The number of nitrogens with one attached hydrogen (secondary N) is 1. The van der Waals surface area contributed by atoms with Crippen molar-refractivity contribution >= 4 is 17.9 Å². The number of hydrogen-bond acceptors (Lipinski definition) is 4. The van der Waals surface area contributed by atoms with Crippen LogP contribution in [-0.2, 0) is 14.3 Å². The lowest BCUT2D eigenvalue weighted by Gasteiger charge is -2.33. The quantitative estimate of drug-likeness (QED) is 0.739. The van der Waals surface area contributed by atoms with Crippen molar-refractivity contribution in [1.29, 1.82) is 0 Å². The second-order valence-corrected chi connectivity index (χ2v) is 7.06. The Labute approximate surface area is 144 Å². The largest absolute Gasteiger partial charge is 0.469 e. The standard InChI is InChI=1S/C17H31N3O4/c1-12(2)9-14(16(22)24-5)10-18-15(21)13-7-6-8-20(11-13)17(23)19(3)4/h12-14H,6-11H2,1-5H3,(H,18,21)/t13-,14-/m1/s1. The first-order chi connectivity index (χ1) is 11.3. The minimum Gasteiger partial charge on any atom is -0.469 e. The van der Waals surface area contributed by atoms with E-state index in [4.69, 9.17) is 4.74 Å². The van der Waals surface area contributed by atoms with E-state index in [0.717, 1.165) is 12.8 Å². The summed E-state index contributed by atoms with van der Waals surface area (Å²) in [5.74, 6) is -0.600. The number of rotatable bonds is 6. The zero-order chi connectivity index (χ0) is 18.3. The van der Waals surface area contributed by atoms with Gasteiger partial charge in [0.1, 0.15) is 0 Å². The van der Waals surface area contributed by atoms with Gasteiger partial charge in [0.2, 0.25) is 5.91 Å². The van der Waals surface area contributed by atoms with E-state index in [2.05, 4.69) is 5.32 Å². The van der Waals surface area contributed by atoms with Gasteiger partial charge in [0.05, 0.1) is 18.9 Å². The molecule has 0 aromatic rings. The number of methoxy groups -OCH3 is 1. The molecule has 7 nitrogen and oxygen atoms in total. The molecule has 1 N–H and O–H groups in total. The molecule has 24 heavy (non-hydrogen) atoms. The summed E-state index contributed by atoms with van der Waals surface area (Å²) < 4.78 is 4.82. The molecule has 7 heteroatoms. The van der Waals surface area contributed by atoms with E-state index in [1.165, 1.54) is 12.0 Å². The maximum absolute atomic E-state index is 12.4. The van der Waals surface area contributed by atoms with Crippen LogP contribution >= 0.6 is 0 Å². The molecule has 0 aromatic heterocycles. The molecular formula is C17H31N3O4. The van der Waals surface area contributed by atoms with Crippen LogP contribution in [0.25, 0.3) is 0 Å². The molecule has 1 saturated heterocycles. The first kappa shape index (κ1) is 20.3. The average Bonchev–Trinajstić information content (AvgIpc) is 2.56. The highest BCUT2D eigenvalue weighted by Crippen LogP contribution is 2.18. The number of amides is 3. The summed E-state index contributed by atoms with van der Waals surface area (Å²) in [7, 11) is 4.78. The summed E-state index contributed by atoms with van der Waals surface area (Å²) in [6.07, 6.45) is 2.24. The third-order valence-electron chi connectivity index (χ3n) is 4.26. The SMILES string of the molecule is COC(=O)[C@@H](CNC(=O)[C@@H]1CCCN(C(=O)N(C)C)C1)CC(C)C. The van der Waals surface area contributed by atoms with Crippen LogP contribution < -0.4 is 5.32 Å². The smallest absolute Gasteiger partial charge is 0.319 e. The molecule has 0 unspecified atom stereocenters. The number of carbonyl (C=O) groups is 3. The van der Waals surface area contributed by atoms with E-state index in [1.807, 2.05) is 13.8 Å². The maximum Gasteiger partial charge on any atom is 0.319 e. The van der Waals surface area contributed by atoms with Crippen LogP contribution in [0.3, 0.4) is 0 Å². The fraction of sp³-hybridized carbons (Fsp3) is 0.824. The van der Waals surface area contributed by atoms with Crippen molar-refractivity contribution in [1.82, 2.24) is 15.1 Å². The van der Waals surface area contributed by atoms with E-state index >= 15 is 0 Å². The van der Waals surface area contributed by atoms with Gasteiger partial charge in [0, 0.05) is 33.7 Å². The monoisotopic (exact) mass is 341 g/mol. The van der Waals surface area contributed by atoms with Crippen molar-refractivity contribution in [2.75, 3.05) is 40.8 Å². The second kappa shape index (κ2) is 9.49. The van der Waals surface area contributed by atoms with Gasteiger partial charge in [-0.1, -0.05) is 13.8 Å². The van der Waals surface area contributed by atoms with Gasteiger partial charge in [-0.2, -0.15) is 0 Å². The molecule has 1 aliphatic heterocycles. The fourth-order valence-electron chi connectivity index (χ4n) is 3.01. The highest BCUT2D eigenvalue weighted by atomic mass is 16.5. The molecule has 1 heterocycles. The van der Waals surface area contributed by atoms with E-state index in [-0.39, 0.29) is 36.3 Å². The summed E-state index contributed by atoms with van der Waals surface area (Å²) in [5, 5.41) is 2.87. The summed E-state index contributed by atoms with van der Waals surface area (Å²) in [6, 6.07) is -0.0697. The first-order valence-electron chi connectivity index (χ1n) is 8.58. The lowest BCUT2D eigenvalue weighted by atomic mass is 9.95. The molecule has 2 atom stereocenters. The Morgan fingerprint density at radius 2 is 1.96 bits per heavy atom. The van der Waals surface area contributed by atoms with Crippen molar-refractivity contribution in [3.63, 3.8) is 0 Å². The Kier molecular flexibility index (Phi) is 8.01. The number of likely N-dealkylation sites (tertiary alicyclic amines) is 1. The molecule has 138 valence electrons. The van der Waals surface area contributed by atoms with Gasteiger partial charge >= 0.3 is 12.0 Å². The van der Waals surface area contributed by atoms with Gasteiger partial charge in [0.25, 0.3) is 0 Å². The van der Waals surface area contributed by atoms with Gasteiger partial charge in [0.15, 0.2) is 0 Å². The zero-order valence-electron chi connectivity index (χ0n) is 15.5. The van der Waals surface area contributed by atoms with E-state index in [0.29, 0.717) is 25.4 Å². The number of carbonyl (C=O) groups excluding carboxylic acids is 3.